The van der Waals surface area contributed by atoms with Crippen molar-refractivity contribution >= 4 is 16.9 Å². The number of hydrogen-bond acceptors (Lipinski definition) is 7. The van der Waals surface area contributed by atoms with Crippen LogP contribution in [-0.4, -0.2) is 26.4 Å². The molecule has 3 rings (SSSR count). The summed E-state index contributed by atoms with van der Waals surface area (Å²) in [6, 6.07) is 3.12. The highest BCUT2D eigenvalue weighted by Crippen LogP contribution is 2.27. The molecule has 0 amide bonds. The summed E-state index contributed by atoms with van der Waals surface area (Å²) in [5.74, 6) is -0.164. The number of halogens is 2. The quantitative estimate of drug-likeness (QED) is 0.788. The van der Waals surface area contributed by atoms with Crippen LogP contribution in [-0.2, 0) is 6.42 Å². The van der Waals surface area contributed by atoms with Crippen molar-refractivity contribution in [2.45, 2.75) is 26.4 Å². The summed E-state index contributed by atoms with van der Waals surface area (Å²) in [6.45, 7) is 2.43. The van der Waals surface area contributed by atoms with Gasteiger partial charge in [0.25, 0.3) is 0 Å². The fraction of sp³-hybridized carbons (Fsp3) is 0.286. The average Bonchev–Trinajstić information content (AvgIpc) is 2.90. The van der Waals surface area contributed by atoms with E-state index in [1.54, 1.807) is 13.0 Å². The molecule has 2 N–H and O–H groups in total. The van der Waals surface area contributed by atoms with Crippen LogP contribution in [0.4, 0.5) is 14.5 Å². The zero-order chi connectivity index (χ0) is 16.6. The molecule has 0 saturated carbocycles. The molecule has 0 atom stereocenters. The lowest BCUT2D eigenvalue weighted by atomic mass is 10.0. The van der Waals surface area contributed by atoms with Crippen molar-refractivity contribution in [1.82, 2.24) is 20.3 Å². The molecule has 9 heteroatoms. The number of nitrogens with zero attached hydrogens (tertiary/aromatic N) is 4. The van der Waals surface area contributed by atoms with Gasteiger partial charge in [-0.05, 0) is 28.9 Å². The Hall–Kier alpha value is -2.84. The maximum atomic E-state index is 12.9. The van der Waals surface area contributed by atoms with Crippen LogP contribution in [0, 0.1) is 6.92 Å². The number of hydrogen-bond donors (Lipinski definition) is 1. The van der Waals surface area contributed by atoms with E-state index in [0.29, 0.717) is 47.0 Å². The van der Waals surface area contributed by atoms with E-state index in [9.17, 15) is 8.78 Å². The minimum atomic E-state index is -3.30. The van der Waals surface area contributed by atoms with Crippen molar-refractivity contribution in [3.8, 4) is 5.88 Å². The van der Waals surface area contributed by atoms with Gasteiger partial charge in [0.1, 0.15) is 0 Å². The number of aromatic nitrogens is 4. The molecule has 0 aliphatic heterocycles. The first-order chi connectivity index (χ1) is 10.8. The standard InChI is InChI=1S/C14H13F2N5O2/c1-7-9(11(17)12-13(19-7)21-23-20-12)5-8-3-4-18-10(6-8)22-14(2,15)16/h3-4,6H,5,17H2,1-2H3. The molecule has 0 unspecified atom stereocenters. The molecule has 0 spiro atoms. The monoisotopic (exact) mass is 321 g/mol. The normalized spacial score (nSPS) is 11.8. The lowest BCUT2D eigenvalue weighted by Gasteiger charge is -2.13. The lowest BCUT2D eigenvalue weighted by molar-refractivity contribution is -0.161. The van der Waals surface area contributed by atoms with Crippen LogP contribution >= 0.6 is 0 Å². The van der Waals surface area contributed by atoms with Crippen LogP contribution in [0.1, 0.15) is 23.7 Å². The van der Waals surface area contributed by atoms with Crippen molar-refractivity contribution in [3.63, 3.8) is 0 Å². The Morgan fingerprint density at radius 2 is 2.13 bits per heavy atom. The lowest BCUT2D eigenvalue weighted by Crippen LogP contribution is -2.19. The summed E-state index contributed by atoms with van der Waals surface area (Å²) in [5, 5.41) is 7.37. The Kier molecular flexibility index (Phi) is 3.55. The third kappa shape index (κ3) is 3.17. The molecule has 23 heavy (non-hydrogen) atoms. The molecule has 120 valence electrons. The second kappa shape index (κ2) is 5.41. The number of nitrogen functional groups attached to an aromatic ring is 1. The molecule has 0 aliphatic rings. The molecule has 0 fully saturated rings. The third-order valence-electron chi connectivity index (χ3n) is 3.23. The van der Waals surface area contributed by atoms with Crippen LogP contribution in [0.2, 0.25) is 0 Å². The molecule has 3 aromatic rings. The summed E-state index contributed by atoms with van der Waals surface area (Å²) in [4.78, 5) is 8.03. The summed E-state index contributed by atoms with van der Waals surface area (Å²) in [6.07, 6.45) is -1.54. The molecular formula is C14H13F2N5O2. The van der Waals surface area contributed by atoms with Gasteiger partial charge in [-0.3, -0.25) is 0 Å². The smallest absolute Gasteiger partial charge is 0.396 e. The molecule has 3 aromatic heterocycles. The van der Waals surface area contributed by atoms with Crippen LogP contribution in [0.3, 0.4) is 0 Å². The molecular weight excluding hydrogens is 308 g/mol. The van der Waals surface area contributed by atoms with Gasteiger partial charge in [-0.15, -0.1) is 0 Å². The number of nitrogens with two attached hydrogens (primary N) is 1. The Balaban J connectivity index is 1.94. The zero-order valence-electron chi connectivity index (χ0n) is 12.4. The second-order valence-corrected chi connectivity index (χ2v) is 5.11. The van der Waals surface area contributed by atoms with Crippen molar-refractivity contribution in [2.24, 2.45) is 0 Å². The van der Waals surface area contributed by atoms with Crippen LogP contribution < -0.4 is 10.5 Å². The number of ether oxygens (including phenoxy) is 1. The summed E-state index contributed by atoms with van der Waals surface area (Å²) in [5.41, 5.74) is 9.25. The highest BCUT2D eigenvalue weighted by molar-refractivity contribution is 5.85. The van der Waals surface area contributed by atoms with Crippen LogP contribution in [0.5, 0.6) is 5.88 Å². The van der Waals surface area contributed by atoms with Crippen LogP contribution in [0.25, 0.3) is 11.2 Å². The Morgan fingerprint density at radius 1 is 1.35 bits per heavy atom. The predicted molar refractivity (Wildman–Crippen MR) is 77.0 cm³/mol. The largest absolute Gasteiger partial charge is 0.415 e. The first-order valence-corrected chi connectivity index (χ1v) is 6.72. The van der Waals surface area contributed by atoms with E-state index < -0.39 is 6.11 Å². The number of fused-ring (bicyclic) bond motifs is 1. The molecule has 0 aromatic carbocycles. The van der Waals surface area contributed by atoms with Gasteiger partial charge in [0, 0.05) is 36.9 Å². The first-order valence-electron chi connectivity index (χ1n) is 6.72. The second-order valence-electron chi connectivity index (χ2n) is 5.11. The van der Waals surface area contributed by atoms with E-state index in [1.165, 1.54) is 12.3 Å². The number of anilines is 1. The average molecular weight is 321 g/mol. The van der Waals surface area contributed by atoms with E-state index in [2.05, 4.69) is 29.6 Å². The molecule has 0 bridgehead atoms. The highest BCUT2D eigenvalue weighted by atomic mass is 19.3. The number of pyridine rings is 2. The van der Waals surface area contributed by atoms with E-state index in [4.69, 9.17) is 5.73 Å². The first kappa shape index (κ1) is 15.1. The molecule has 0 saturated heterocycles. The molecule has 7 nitrogen and oxygen atoms in total. The third-order valence-corrected chi connectivity index (χ3v) is 3.23. The van der Waals surface area contributed by atoms with Crippen molar-refractivity contribution < 1.29 is 18.1 Å². The Labute approximate surface area is 129 Å². The summed E-state index contributed by atoms with van der Waals surface area (Å²) >= 11 is 0. The van der Waals surface area contributed by atoms with E-state index in [-0.39, 0.29) is 5.88 Å². The Morgan fingerprint density at radius 3 is 2.87 bits per heavy atom. The SMILES string of the molecule is Cc1nc2nonc2c(N)c1Cc1ccnc(OC(C)(F)F)c1. The van der Waals surface area contributed by atoms with E-state index in [0.717, 1.165) is 0 Å². The van der Waals surface area contributed by atoms with Gasteiger partial charge in [-0.2, -0.15) is 8.78 Å². The van der Waals surface area contributed by atoms with E-state index in [1.807, 2.05) is 0 Å². The zero-order valence-corrected chi connectivity index (χ0v) is 12.4. The molecule has 0 aliphatic carbocycles. The topological polar surface area (TPSA) is 100.0 Å². The van der Waals surface area contributed by atoms with E-state index >= 15 is 0 Å². The summed E-state index contributed by atoms with van der Waals surface area (Å²) < 4.78 is 34.9. The van der Waals surface area contributed by atoms with Gasteiger partial charge >= 0.3 is 6.11 Å². The van der Waals surface area contributed by atoms with Gasteiger partial charge in [0.2, 0.25) is 11.5 Å². The van der Waals surface area contributed by atoms with Gasteiger partial charge in [0.15, 0.2) is 5.52 Å². The fourth-order valence-corrected chi connectivity index (χ4v) is 2.22. The Bertz CT molecular complexity index is 860. The number of rotatable bonds is 4. The fourth-order valence-electron chi connectivity index (χ4n) is 2.22. The molecule has 0 radical (unpaired) electrons. The number of alkyl halides is 2. The molecule has 3 heterocycles. The van der Waals surface area contributed by atoms with Gasteiger partial charge in [-0.1, -0.05) is 0 Å². The summed E-state index contributed by atoms with van der Waals surface area (Å²) in [7, 11) is 0. The van der Waals surface area contributed by atoms with Crippen molar-refractivity contribution in [3.05, 3.63) is 35.2 Å². The highest BCUT2D eigenvalue weighted by Gasteiger charge is 2.24. The van der Waals surface area contributed by atoms with Gasteiger partial charge < -0.3 is 10.5 Å². The van der Waals surface area contributed by atoms with Crippen molar-refractivity contribution in [2.75, 3.05) is 5.73 Å². The van der Waals surface area contributed by atoms with Crippen LogP contribution in [0.15, 0.2) is 23.0 Å². The minimum Gasteiger partial charge on any atom is -0.415 e. The maximum Gasteiger partial charge on any atom is 0.396 e. The van der Waals surface area contributed by atoms with Gasteiger partial charge in [0.05, 0.1) is 5.69 Å². The minimum absolute atomic E-state index is 0.164. The van der Waals surface area contributed by atoms with Gasteiger partial charge in [-0.25, -0.2) is 14.6 Å². The predicted octanol–water partition coefficient (Wildman–Crippen LogP) is 2.49. The maximum absolute atomic E-state index is 12.9. The van der Waals surface area contributed by atoms with Crippen molar-refractivity contribution in [1.29, 1.82) is 0 Å². The number of aryl methyl sites for hydroxylation is 1.